The van der Waals surface area contributed by atoms with Gasteiger partial charge in [-0.15, -0.1) is 0 Å². The molecule has 2 atom stereocenters. The highest BCUT2D eigenvalue weighted by Gasteiger charge is 2.26. The number of benzene rings is 1. The number of hydrogen-bond acceptors (Lipinski definition) is 2. The van der Waals surface area contributed by atoms with Gasteiger partial charge in [0.1, 0.15) is 11.9 Å². The number of nitrogens with two attached hydrogens (primary N) is 1. The topological polar surface area (TPSA) is 35.2 Å². The van der Waals surface area contributed by atoms with Crippen LogP contribution in [0, 0.1) is 5.82 Å². The predicted molar refractivity (Wildman–Crippen MR) is 52.4 cm³/mol. The average molecular weight is 195 g/mol. The van der Waals surface area contributed by atoms with E-state index in [9.17, 15) is 4.39 Å². The van der Waals surface area contributed by atoms with Crippen LogP contribution in [-0.4, -0.2) is 12.6 Å². The summed E-state index contributed by atoms with van der Waals surface area (Å²) >= 11 is 0. The van der Waals surface area contributed by atoms with Crippen LogP contribution in [0.25, 0.3) is 0 Å². The third-order valence-corrected chi connectivity index (χ3v) is 2.57. The molecule has 3 heteroatoms. The van der Waals surface area contributed by atoms with Crippen molar-refractivity contribution < 1.29 is 9.13 Å². The molecule has 76 valence electrons. The zero-order valence-electron chi connectivity index (χ0n) is 8.16. The molecule has 1 aromatic rings. The summed E-state index contributed by atoms with van der Waals surface area (Å²) in [6.07, 6.45) is 0.482. The van der Waals surface area contributed by atoms with Gasteiger partial charge < -0.3 is 10.5 Å². The molecule has 2 unspecified atom stereocenters. The van der Waals surface area contributed by atoms with E-state index in [-0.39, 0.29) is 18.0 Å². The molecule has 2 N–H and O–H groups in total. The molecule has 1 aliphatic rings. The van der Waals surface area contributed by atoms with Crippen molar-refractivity contribution in [3.63, 3.8) is 0 Å². The van der Waals surface area contributed by atoms with E-state index in [1.165, 1.54) is 6.07 Å². The minimum absolute atomic E-state index is 0.175. The first-order chi connectivity index (χ1) is 6.70. The van der Waals surface area contributed by atoms with Crippen molar-refractivity contribution in [1.82, 2.24) is 0 Å². The van der Waals surface area contributed by atoms with Crippen LogP contribution in [-0.2, 0) is 11.2 Å². The molecule has 0 radical (unpaired) electrons. The zero-order chi connectivity index (χ0) is 10.1. The van der Waals surface area contributed by atoms with Gasteiger partial charge in [0.15, 0.2) is 0 Å². The predicted octanol–water partition coefficient (Wildman–Crippen LogP) is 1.79. The van der Waals surface area contributed by atoms with Gasteiger partial charge in [0.05, 0.1) is 6.61 Å². The Kier molecular flexibility index (Phi) is 2.52. The van der Waals surface area contributed by atoms with Crippen LogP contribution in [0.4, 0.5) is 4.39 Å². The maximum atomic E-state index is 13.5. The van der Waals surface area contributed by atoms with Gasteiger partial charge in [-0.05, 0) is 25.0 Å². The van der Waals surface area contributed by atoms with Gasteiger partial charge in [0.25, 0.3) is 0 Å². The van der Waals surface area contributed by atoms with Crippen LogP contribution in [0.2, 0.25) is 0 Å². The Labute approximate surface area is 82.9 Å². The lowest BCUT2D eigenvalue weighted by Crippen LogP contribution is -2.31. The van der Waals surface area contributed by atoms with Gasteiger partial charge in [0, 0.05) is 11.6 Å². The van der Waals surface area contributed by atoms with E-state index >= 15 is 0 Å². The average Bonchev–Trinajstić information content (AvgIpc) is 2.17. The van der Waals surface area contributed by atoms with Gasteiger partial charge in [0.2, 0.25) is 0 Å². The molecule has 0 amide bonds. The van der Waals surface area contributed by atoms with Gasteiger partial charge >= 0.3 is 0 Å². The summed E-state index contributed by atoms with van der Waals surface area (Å²) in [5.74, 6) is -0.204. The molecule has 1 heterocycles. The van der Waals surface area contributed by atoms with Crippen molar-refractivity contribution in [2.45, 2.75) is 25.5 Å². The Balaban J connectivity index is 2.47. The largest absolute Gasteiger partial charge is 0.371 e. The monoisotopic (exact) mass is 195 g/mol. The van der Waals surface area contributed by atoms with Crippen LogP contribution in [0.3, 0.4) is 0 Å². The number of rotatable bonds is 1. The van der Waals surface area contributed by atoms with E-state index in [2.05, 4.69) is 0 Å². The standard InChI is InChI=1S/C11H14FNO/c1-7(13)11-10-8(5-6-14-11)3-2-4-9(10)12/h2-4,7,11H,5-6,13H2,1H3. The lowest BCUT2D eigenvalue weighted by Gasteiger charge is -2.28. The molecule has 1 aliphatic heterocycles. The molecular formula is C11H14FNO. The highest BCUT2D eigenvalue weighted by molar-refractivity contribution is 5.33. The second kappa shape index (κ2) is 3.67. The minimum atomic E-state index is -0.292. The van der Waals surface area contributed by atoms with Crippen molar-refractivity contribution in [2.24, 2.45) is 5.73 Å². The van der Waals surface area contributed by atoms with Crippen molar-refractivity contribution in [3.8, 4) is 0 Å². The maximum Gasteiger partial charge on any atom is 0.129 e. The number of halogens is 1. The lowest BCUT2D eigenvalue weighted by atomic mass is 9.94. The fourth-order valence-electron chi connectivity index (χ4n) is 1.91. The first-order valence-electron chi connectivity index (χ1n) is 4.84. The Morgan fingerprint density at radius 2 is 2.36 bits per heavy atom. The lowest BCUT2D eigenvalue weighted by molar-refractivity contribution is 0.0257. The van der Waals surface area contributed by atoms with E-state index in [0.717, 1.165) is 12.0 Å². The molecule has 0 saturated carbocycles. The summed E-state index contributed by atoms with van der Waals surface area (Å²) in [5.41, 5.74) is 7.43. The van der Waals surface area contributed by atoms with E-state index < -0.39 is 0 Å². The molecule has 0 saturated heterocycles. The molecule has 0 aliphatic carbocycles. The van der Waals surface area contributed by atoms with Crippen LogP contribution >= 0.6 is 0 Å². The fraction of sp³-hybridized carbons (Fsp3) is 0.455. The molecule has 14 heavy (non-hydrogen) atoms. The van der Waals surface area contributed by atoms with E-state index in [0.29, 0.717) is 12.2 Å². The molecule has 0 spiro atoms. The van der Waals surface area contributed by atoms with Crippen LogP contribution in [0.1, 0.15) is 24.2 Å². The molecule has 0 aromatic heterocycles. The number of fused-ring (bicyclic) bond motifs is 1. The Morgan fingerprint density at radius 3 is 3.07 bits per heavy atom. The zero-order valence-corrected chi connectivity index (χ0v) is 8.16. The SMILES string of the molecule is CC(N)C1OCCc2cccc(F)c21. The van der Waals surface area contributed by atoms with Crippen molar-refractivity contribution in [1.29, 1.82) is 0 Å². The third-order valence-electron chi connectivity index (χ3n) is 2.57. The van der Waals surface area contributed by atoms with Gasteiger partial charge in [-0.2, -0.15) is 0 Å². The van der Waals surface area contributed by atoms with Gasteiger partial charge in [-0.3, -0.25) is 0 Å². The summed E-state index contributed by atoms with van der Waals surface area (Å²) in [6.45, 7) is 2.47. The quantitative estimate of drug-likeness (QED) is 0.741. The van der Waals surface area contributed by atoms with Crippen molar-refractivity contribution in [3.05, 3.63) is 35.1 Å². The van der Waals surface area contributed by atoms with Gasteiger partial charge in [-0.1, -0.05) is 12.1 Å². The Morgan fingerprint density at radius 1 is 1.57 bits per heavy atom. The first kappa shape index (κ1) is 9.62. The van der Waals surface area contributed by atoms with E-state index in [1.807, 2.05) is 13.0 Å². The second-order valence-corrected chi connectivity index (χ2v) is 3.71. The summed E-state index contributed by atoms with van der Waals surface area (Å²) in [7, 11) is 0. The molecule has 2 nitrogen and oxygen atoms in total. The number of hydrogen-bond donors (Lipinski definition) is 1. The smallest absolute Gasteiger partial charge is 0.129 e. The summed E-state index contributed by atoms with van der Waals surface area (Å²) in [5, 5.41) is 0. The third kappa shape index (κ3) is 1.53. The summed E-state index contributed by atoms with van der Waals surface area (Å²) in [4.78, 5) is 0. The molecule has 0 bridgehead atoms. The van der Waals surface area contributed by atoms with Crippen molar-refractivity contribution in [2.75, 3.05) is 6.61 Å². The molecule has 0 fully saturated rings. The Hall–Kier alpha value is -0.930. The van der Waals surface area contributed by atoms with E-state index in [4.69, 9.17) is 10.5 Å². The summed E-state index contributed by atoms with van der Waals surface area (Å²) in [6, 6.07) is 4.96. The maximum absolute atomic E-state index is 13.5. The highest BCUT2D eigenvalue weighted by atomic mass is 19.1. The molecular weight excluding hydrogens is 181 g/mol. The summed E-state index contributed by atoms with van der Waals surface area (Å²) < 4.78 is 19.0. The fourth-order valence-corrected chi connectivity index (χ4v) is 1.91. The van der Waals surface area contributed by atoms with Crippen LogP contribution in [0.15, 0.2) is 18.2 Å². The van der Waals surface area contributed by atoms with E-state index in [1.54, 1.807) is 6.07 Å². The normalized spacial score (nSPS) is 22.9. The van der Waals surface area contributed by atoms with Crippen LogP contribution < -0.4 is 5.73 Å². The van der Waals surface area contributed by atoms with Gasteiger partial charge in [-0.25, -0.2) is 4.39 Å². The highest BCUT2D eigenvalue weighted by Crippen LogP contribution is 2.30. The van der Waals surface area contributed by atoms with Crippen LogP contribution in [0.5, 0.6) is 0 Å². The first-order valence-corrected chi connectivity index (χ1v) is 4.84. The molecule has 2 rings (SSSR count). The Bertz CT molecular complexity index is 338. The minimum Gasteiger partial charge on any atom is -0.371 e. The second-order valence-electron chi connectivity index (χ2n) is 3.71. The van der Waals surface area contributed by atoms with Crippen molar-refractivity contribution >= 4 is 0 Å². The molecule has 1 aromatic carbocycles. The number of ether oxygens (including phenoxy) is 1.